The highest BCUT2D eigenvalue weighted by atomic mass is 16.5. The van der Waals surface area contributed by atoms with Crippen molar-refractivity contribution in [2.75, 3.05) is 13.2 Å². The number of nitrogens with two attached hydrogens (primary N) is 1. The van der Waals surface area contributed by atoms with Gasteiger partial charge in [0.1, 0.15) is 0 Å². The Morgan fingerprint density at radius 3 is 2.65 bits per heavy atom. The van der Waals surface area contributed by atoms with Crippen molar-refractivity contribution >= 4 is 0 Å². The van der Waals surface area contributed by atoms with Crippen LogP contribution in [0.15, 0.2) is 0 Å². The van der Waals surface area contributed by atoms with E-state index in [0.717, 1.165) is 31.9 Å². The fraction of sp³-hybridized carbons (Fsp3) is 1.00. The van der Waals surface area contributed by atoms with Crippen molar-refractivity contribution in [3.63, 3.8) is 0 Å². The zero-order valence-corrected chi connectivity index (χ0v) is 12.0. The second kappa shape index (κ2) is 6.72. The summed E-state index contributed by atoms with van der Waals surface area (Å²) in [6, 6.07) is 0.343. The van der Waals surface area contributed by atoms with E-state index in [1.165, 1.54) is 12.8 Å². The lowest BCUT2D eigenvalue weighted by atomic mass is 9.93. The number of nitrogens with one attached hydrogen (secondary N) is 1. The molecule has 1 saturated heterocycles. The van der Waals surface area contributed by atoms with Crippen LogP contribution in [0.25, 0.3) is 0 Å². The van der Waals surface area contributed by atoms with Crippen molar-refractivity contribution in [2.24, 2.45) is 11.7 Å². The SMILES string of the molecule is CC(N)CCCC(C)CNC1(C)CCOC1C. The van der Waals surface area contributed by atoms with Crippen molar-refractivity contribution in [3.8, 4) is 0 Å². The molecule has 0 radical (unpaired) electrons. The van der Waals surface area contributed by atoms with Gasteiger partial charge in [-0.05, 0) is 52.5 Å². The van der Waals surface area contributed by atoms with Crippen molar-refractivity contribution in [1.82, 2.24) is 5.32 Å². The van der Waals surface area contributed by atoms with Crippen molar-refractivity contribution in [1.29, 1.82) is 0 Å². The van der Waals surface area contributed by atoms with Gasteiger partial charge >= 0.3 is 0 Å². The first-order valence-electron chi connectivity index (χ1n) is 7.06. The summed E-state index contributed by atoms with van der Waals surface area (Å²) in [5.74, 6) is 0.721. The minimum absolute atomic E-state index is 0.176. The molecule has 17 heavy (non-hydrogen) atoms. The maximum Gasteiger partial charge on any atom is 0.0726 e. The van der Waals surface area contributed by atoms with Gasteiger partial charge in [-0.2, -0.15) is 0 Å². The molecule has 0 spiro atoms. The Labute approximate surface area is 106 Å². The molecule has 1 aliphatic heterocycles. The van der Waals surface area contributed by atoms with Crippen LogP contribution in [-0.4, -0.2) is 30.8 Å². The van der Waals surface area contributed by atoms with Crippen molar-refractivity contribution < 1.29 is 4.74 Å². The number of hydrogen-bond acceptors (Lipinski definition) is 3. The molecular formula is C14H30N2O. The summed E-state index contributed by atoms with van der Waals surface area (Å²) in [7, 11) is 0. The molecule has 0 aromatic carbocycles. The zero-order valence-electron chi connectivity index (χ0n) is 12.0. The van der Waals surface area contributed by atoms with Crippen molar-refractivity contribution in [2.45, 2.75) is 71.1 Å². The van der Waals surface area contributed by atoms with Crippen LogP contribution in [0, 0.1) is 5.92 Å². The average Bonchev–Trinajstić information content (AvgIpc) is 2.57. The van der Waals surface area contributed by atoms with Crippen LogP contribution < -0.4 is 11.1 Å². The lowest BCUT2D eigenvalue weighted by Crippen LogP contribution is -2.49. The third kappa shape index (κ3) is 4.94. The third-order valence-electron chi connectivity index (χ3n) is 4.10. The predicted octanol–water partition coefficient (Wildman–Crippen LogP) is 2.30. The minimum Gasteiger partial charge on any atom is -0.377 e. The normalized spacial score (nSPS) is 32.6. The number of hydrogen-bond donors (Lipinski definition) is 2. The van der Waals surface area contributed by atoms with Crippen LogP contribution in [0.2, 0.25) is 0 Å². The molecule has 0 aromatic rings. The lowest BCUT2D eigenvalue weighted by Gasteiger charge is -2.30. The Morgan fingerprint density at radius 1 is 1.41 bits per heavy atom. The van der Waals surface area contributed by atoms with Gasteiger partial charge in [-0.15, -0.1) is 0 Å². The van der Waals surface area contributed by atoms with Gasteiger partial charge in [0.25, 0.3) is 0 Å². The maximum absolute atomic E-state index is 5.76. The number of rotatable bonds is 7. The molecule has 1 heterocycles. The Balaban J connectivity index is 2.16. The van der Waals surface area contributed by atoms with E-state index in [0.29, 0.717) is 12.1 Å². The molecule has 3 N–H and O–H groups in total. The van der Waals surface area contributed by atoms with E-state index in [-0.39, 0.29) is 5.54 Å². The molecule has 0 aliphatic carbocycles. The fourth-order valence-corrected chi connectivity index (χ4v) is 2.36. The Bertz CT molecular complexity index is 220. The molecule has 1 rings (SSSR count). The van der Waals surface area contributed by atoms with Gasteiger partial charge in [-0.25, -0.2) is 0 Å². The molecule has 1 fully saturated rings. The molecule has 3 heteroatoms. The summed E-state index contributed by atoms with van der Waals surface area (Å²) in [6.07, 6.45) is 5.10. The first kappa shape index (κ1) is 14.9. The summed E-state index contributed by atoms with van der Waals surface area (Å²) in [6.45, 7) is 10.8. The molecule has 4 atom stereocenters. The molecule has 3 nitrogen and oxygen atoms in total. The Morgan fingerprint density at radius 2 is 2.12 bits per heavy atom. The third-order valence-corrected chi connectivity index (χ3v) is 4.10. The highest BCUT2D eigenvalue weighted by Gasteiger charge is 2.36. The van der Waals surface area contributed by atoms with Crippen LogP contribution in [0.4, 0.5) is 0 Å². The van der Waals surface area contributed by atoms with Gasteiger partial charge in [0.2, 0.25) is 0 Å². The zero-order chi connectivity index (χ0) is 12.9. The number of ether oxygens (including phenoxy) is 1. The van der Waals surface area contributed by atoms with E-state index in [1.54, 1.807) is 0 Å². The van der Waals surface area contributed by atoms with Gasteiger partial charge < -0.3 is 15.8 Å². The monoisotopic (exact) mass is 242 g/mol. The summed E-state index contributed by atoms with van der Waals surface area (Å²) in [4.78, 5) is 0. The highest BCUT2D eigenvalue weighted by Crippen LogP contribution is 2.25. The van der Waals surface area contributed by atoms with Crippen molar-refractivity contribution in [3.05, 3.63) is 0 Å². The van der Waals surface area contributed by atoms with Crippen LogP contribution in [-0.2, 0) is 4.74 Å². The summed E-state index contributed by atoms with van der Waals surface area (Å²) < 4.78 is 5.63. The molecule has 0 aromatic heterocycles. The first-order valence-corrected chi connectivity index (χ1v) is 7.06. The first-order chi connectivity index (χ1) is 7.94. The van der Waals surface area contributed by atoms with Crippen LogP contribution in [0.1, 0.15) is 53.4 Å². The summed E-state index contributed by atoms with van der Waals surface area (Å²) >= 11 is 0. The van der Waals surface area contributed by atoms with Gasteiger partial charge in [-0.1, -0.05) is 13.3 Å². The van der Waals surface area contributed by atoms with Gasteiger partial charge in [0.05, 0.1) is 6.10 Å². The molecular weight excluding hydrogens is 212 g/mol. The van der Waals surface area contributed by atoms with E-state index in [9.17, 15) is 0 Å². The summed E-state index contributed by atoms with van der Waals surface area (Å²) in [5.41, 5.74) is 5.94. The van der Waals surface area contributed by atoms with E-state index in [2.05, 4.69) is 33.0 Å². The highest BCUT2D eigenvalue weighted by molar-refractivity contribution is 4.93. The van der Waals surface area contributed by atoms with E-state index in [4.69, 9.17) is 10.5 Å². The smallest absolute Gasteiger partial charge is 0.0726 e. The van der Waals surface area contributed by atoms with Gasteiger partial charge in [0.15, 0.2) is 0 Å². The van der Waals surface area contributed by atoms with Crippen LogP contribution >= 0.6 is 0 Å². The van der Waals surface area contributed by atoms with E-state index < -0.39 is 0 Å². The van der Waals surface area contributed by atoms with Gasteiger partial charge in [0, 0.05) is 18.2 Å². The Hall–Kier alpha value is -0.120. The van der Waals surface area contributed by atoms with Gasteiger partial charge in [-0.3, -0.25) is 0 Å². The minimum atomic E-state index is 0.176. The molecule has 1 aliphatic rings. The lowest BCUT2D eigenvalue weighted by molar-refractivity contribution is 0.0872. The second-order valence-electron chi connectivity index (χ2n) is 6.07. The largest absolute Gasteiger partial charge is 0.377 e. The molecule has 0 saturated carbocycles. The van der Waals surface area contributed by atoms with Crippen LogP contribution in [0.5, 0.6) is 0 Å². The average molecular weight is 242 g/mol. The maximum atomic E-state index is 5.76. The molecule has 0 bridgehead atoms. The summed E-state index contributed by atoms with van der Waals surface area (Å²) in [5, 5.41) is 3.69. The quantitative estimate of drug-likeness (QED) is 0.720. The topological polar surface area (TPSA) is 47.3 Å². The molecule has 0 amide bonds. The molecule has 4 unspecified atom stereocenters. The van der Waals surface area contributed by atoms with E-state index in [1.807, 2.05) is 0 Å². The Kier molecular flexibility index (Phi) is 5.90. The standard InChI is InChI=1S/C14H30N2O/c1-11(6-5-7-12(2)15)10-16-14(4)8-9-17-13(14)3/h11-13,16H,5-10,15H2,1-4H3. The fourth-order valence-electron chi connectivity index (χ4n) is 2.36. The van der Waals surface area contributed by atoms with Crippen LogP contribution in [0.3, 0.4) is 0 Å². The predicted molar refractivity (Wildman–Crippen MR) is 73.1 cm³/mol. The molecule has 102 valence electrons. The second-order valence-corrected chi connectivity index (χ2v) is 6.07. The van der Waals surface area contributed by atoms with E-state index >= 15 is 0 Å².